The summed E-state index contributed by atoms with van der Waals surface area (Å²) in [7, 11) is 0. The maximum Gasteiger partial charge on any atom is 0.121 e. The molecular formula is C26H38ClNO2. The van der Waals surface area contributed by atoms with Crippen LogP contribution in [0.4, 0.5) is 0 Å². The molecule has 1 aliphatic heterocycles. The first-order valence-corrected chi connectivity index (χ1v) is 11.5. The molecule has 1 aliphatic rings. The van der Waals surface area contributed by atoms with E-state index in [1.165, 1.54) is 70.1 Å². The van der Waals surface area contributed by atoms with Crippen LogP contribution in [0.1, 0.15) is 70.0 Å². The smallest absolute Gasteiger partial charge is 0.121 e. The predicted molar refractivity (Wildman–Crippen MR) is 128 cm³/mol. The highest BCUT2D eigenvalue weighted by atomic mass is 35.5. The number of rotatable bonds is 12. The van der Waals surface area contributed by atoms with Crippen molar-refractivity contribution >= 4 is 12.4 Å². The zero-order valence-corrected chi connectivity index (χ0v) is 19.2. The zero-order valence-electron chi connectivity index (χ0n) is 18.4. The van der Waals surface area contributed by atoms with E-state index in [0.29, 0.717) is 0 Å². The number of hydrogen-bond acceptors (Lipinski definition) is 3. The number of hydrogen-bond donors (Lipinski definition) is 0. The monoisotopic (exact) mass is 431 g/mol. The number of likely N-dealkylation sites (tertiary alicyclic amines) is 1. The van der Waals surface area contributed by atoms with Gasteiger partial charge in [0, 0.05) is 0 Å². The lowest BCUT2D eigenvalue weighted by Gasteiger charge is -2.26. The van der Waals surface area contributed by atoms with E-state index in [4.69, 9.17) is 9.47 Å². The lowest BCUT2D eigenvalue weighted by molar-refractivity contribution is 0.223. The number of halogens is 1. The van der Waals surface area contributed by atoms with Gasteiger partial charge in [0.2, 0.25) is 0 Å². The van der Waals surface area contributed by atoms with Gasteiger partial charge in [-0.05, 0) is 82.1 Å². The third-order valence-corrected chi connectivity index (χ3v) is 5.74. The number of nitrogens with zero attached hydrogens (tertiary/aromatic N) is 1. The van der Waals surface area contributed by atoms with Gasteiger partial charge in [0.15, 0.2) is 0 Å². The van der Waals surface area contributed by atoms with E-state index in [9.17, 15) is 0 Å². The highest BCUT2D eigenvalue weighted by molar-refractivity contribution is 5.85. The van der Waals surface area contributed by atoms with Gasteiger partial charge in [0.25, 0.3) is 0 Å². The zero-order chi connectivity index (χ0) is 20.2. The Labute approximate surface area is 189 Å². The molecule has 4 heteroatoms. The highest BCUT2D eigenvalue weighted by Gasteiger charge is 2.09. The number of benzene rings is 2. The summed E-state index contributed by atoms with van der Waals surface area (Å²) in [5.74, 6) is 1.80. The minimum absolute atomic E-state index is 0. The molecule has 0 spiro atoms. The van der Waals surface area contributed by atoms with E-state index in [1.54, 1.807) is 0 Å². The molecule has 30 heavy (non-hydrogen) atoms. The molecule has 2 aromatic carbocycles. The Morgan fingerprint density at radius 3 is 2.13 bits per heavy atom. The molecule has 0 amide bonds. The van der Waals surface area contributed by atoms with Gasteiger partial charge >= 0.3 is 0 Å². The fraction of sp³-hybridized carbons (Fsp3) is 0.538. The van der Waals surface area contributed by atoms with Gasteiger partial charge in [0.1, 0.15) is 17.6 Å². The molecule has 0 radical (unpaired) electrons. The molecule has 0 saturated carbocycles. The lowest BCUT2D eigenvalue weighted by Crippen LogP contribution is -2.30. The van der Waals surface area contributed by atoms with Crippen molar-refractivity contribution in [1.29, 1.82) is 0 Å². The van der Waals surface area contributed by atoms with Crippen molar-refractivity contribution in [2.24, 2.45) is 0 Å². The van der Waals surface area contributed by atoms with Crippen molar-refractivity contribution in [3.8, 4) is 11.5 Å². The van der Waals surface area contributed by atoms with Crippen molar-refractivity contribution in [3.05, 3.63) is 60.2 Å². The van der Waals surface area contributed by atoms with Crippen LogP contribution in [-0.4, -0.2) is 31.1 Å². The summed E-state index contributed by atoms with van der Waals surface area (Å²) >= 11 is 0. The van der Waals surface area contributed by atoms with Crippen molar-refractivity contribution < 1.29 is 9.47 Å². The van der Waals surface area contributed by atoms with E-state index in [0.717, 1.165) is 24.5 Å². The molecule has 1 fully saturated rings. The van der Waals surface area contributed by atoms with E-state index >= 15 is 0 Å². The highest BCUT2D eigenvalue weighted by Crippen LogP contribution is 2.24. The Hall–Kier alpha value is -1.71. The van der Waals surface area contributed by atoms with Crippen LogP contribution in [0, 0.1) is 0 Å². The van der Waals surface area contributed by atoms with E-state index in [2.05, 4.69) is 24.0 Å². The molecule has 1 unspecified atom stereocenters. The van der Waals surface area contributed by atoms with Crippen molar-refractivity contribution in [3.63, 3.8) is 0 Å². The van der Waals surface area contributed by atoms with Crippen LogP contribution in [-0.2, 0) is 0 Å². The first kappa shape index (κ1) is 24.6. The average Bonchev–Trinajstić information content (AvgIpc) is 2.78. The summed E-state index contributed by atoms with van der Waals surface area (Å²) in [4.78, 5) is 2.64. The van der Waals surface area contributed by atoms with Crippen LogP contribution in [0.3, 0.4) is 0 Å². The lowest BCUT2D eigenvalue weighted by atomic mass is 10.1. The molecule has 0 aromatic heterocycles. The summed E-state index contributed by atoms with van der Waals surface area (Å²) in [6, 6.07) is 18.3. The third kappa shape index (κ3) is 8.97. The molecule has 0 N–H and O–H groups in total. The van der Waals surface area contributed by atoms with Crippen LogP contribution in [0.2, 0.25) is 0 Å². The normalized spacial score (nSPS) is 15.2. The van der Waals surface area contributed by atoms with Crippen LogP contribution < -0.4 is 9.47 Å². The molecule has 3 nitrogen and oxygen atoms in total. The summed E-state index contributed by atoms with van der Waals surface area (Å²) in [6.45, 7) is 6.82. The van der Waals surface area contributed by atoms with Gasteiger partial charge in [-0.25, -0.2) is 0 Å². The molecule has 1 saturated heterocycles. The number of ether oxygens (including phenoxy) is 2. The molecule has 1 atom stereocenters. The maximum absolute atomic E-state index is 6.02. The fourth-order valence-electron chi connectivity index (χ4n) is 3.95. The molecule has 2 aromatic rings. The Balaban J connectivity index is 0.00000320. The second kappa shape index (κ2) is 14.3. The summed E-state index contributed by atoms with van der Waals surface area (Å²) in [5, 5.41) is 0. The second-order valence-corrected chi connectivity index (χ2v) is 8.16. The Bertz CT molecular complexity index is 671. The van der Waals surface area contributed by atoms with Gasteiger partial charge in [0.05, 0.1) is 6.61 Å². The predicted octanol–water partition coefficient (Wildman–Crippen LogP) is 7.06. The van der Waals surface area contributed by atoms with Crippen LogP contribution in [0.5, 0.6) is 11.5 Å². The van der Waals surface area contributed by atoms with Crippen LogP contribution in [0.25, 0.3) is 0 Å². The second-order valence-electron chi connectivity index (χ2n) is 8.16. The number of piperidine rings is 1. The fourth-order valence-corrected chi connectivity index (χ4v) is 3.95. The van der Waals surface area contributed by atoms with Crippen molar-refractivity contribution in [2.75, 3.05) is 26.2 Å². The van der Waals surface area contributed by atoms with Crippen LogP contribution >= 0.6 is 12.4 Å². The van der Waals surface area contributed by atoms with Crippen LogP contribution in [0.15, 0.2) is 54.6 Å². The largest absolute Gasteiger partial charge is 0.494 e. The molecule has 3 rings (SSSR count). The van der Waals surface area contributed by atoms with E-state index in [1.807, 2.05) is 42.5 Å². The maximum atomic E-state index is 6.02. The molecule has 166 valence electrons. The van der Waals surface area contributed by atoms with Crippen molar-refractivity contribution in [1.82, 2.24) is 4.90 Å². The Kier molecular flexibility index (Phi) is 11.7. The molecule has 1 heterocycles. The number of unbranched alkanes of at least 4 members (excludes halogenated alkanes) is 4. The third-order valence-electron chi connectivity index (χ3n) is 5.74. The van der Waals surface area contributed by atoms with Gasteiger partial charge in [-0.1, -0.05) is 56.0 Å². The minimum atomic E-state index is 0. The summed E-state index contributed by atoms with van der Waals surface area (Å²) in [5.41, 5.74) is 1.18. The van der Waals surface area contributed by atoms with Gasteiger partial charge < -0.3 is 14.4 Å². The van der Waals surface area contributed by atoms with E-state index in [-0.39, 0.29) is 18.5 Å². The first-order chi connectivity index (χ1) is 14.3. The minimum Gasteiger partial charge on any atom is -0.494 e. The summed E-state index contributed by atoms with van der Waals surface area (Å²) < 4.78 is 11.9. The standard InChI is InChI=1S/C26H37NO2.ClH/c1-23(24-13-7-5-8-14-24)29-26-17-15-25(16-18-26)28-22-12-4-2-3-9-19-27-20-10-6-11-21-27;/h5,7-8,13-18,23H,2-4,6,9-12,19-22H2,1H3;1H. The Morgan fingerprint density at radius 2 is 1.40 bits per heavy atom. The molecular weight excluding hydrogens is 394 g/mol. The van der Waals surface area contributed by atoms with E-state index < -0.39 is 0 Å². The Morgan fingerprint density at radius 1 is 0.767 bits per heavy atom. The quantitative estimate of drug-likeness (QED) is 0.335. The van der Waals surface area contributed by atoms with Gasteiger partial charge in [-0.2, -0.15) is 0 Å². The summed E-state index contributed by atoms with van der Waals surface area (Å²) in [6.07, 6.45) is 10.7. The molecule has 0 aliphatic carbocycles. The average molecular weight is 432 g/mol. The van der Waals surface area contributed by atoms with Crippen molar-refractivity contribution in [2.45, 2.75) is 64.4 Å². The van der Waals surface area contributed by atoms with Gasteiger partial charge in [-0.3, -0.25) is 0 Å². The topological polar surface area (TPSA) is 21.7 Å². The first-order valence-electron chi connectivity index (χ1n) is 11.5. The molecule has 0 bridgehead atoms. The van der Waals surface area contributed by atoms with Gasteiger partial charge in [-0.15, -0.1) is 12.4 Å². The SMILES string of the molecule is CC(Oc1ccc(OCCCCCCCN2CCCCC2)cc1)c1ccccc1.Cl.